The molecule has 1 fully saturated rings. The predicted octanol–water partition coefficient (Wildman–Crippen LogP) is 2.70. The van der Waals surface area contributed by atoms with E-state index >= 15 is 0 Å². The van der Waals surface area contributed by atoms with Crippen LogP contribution in [0.4, 0.5) is 0 Å². The van der Waals surface area contributed by atoms with Crippen molar-refractivity contribution in [3.63, 3.8) is 0 Å². The zero-order chi connectivity index (χ0) is 8.59. The standard InChI is InChI=1S/C10H20O/c1-6-7(2)9(4)11-10(5)8(6)3/h6-10H,1-5H3/t6-,7-,8+,9-,10-/m1/s1. The van der Waals surface area contributed by atoms with E-state index in [0.29, 0.717) is 24.0 Å². The minimum Gasteiger partial charge on any atom is -0.375 e. The molecule has 0 N–H and O–H groups in total. The second-order valence-corrected chi connectivity index (χ2v) is 4.12. The van der Waals surface area contributed by atoms with E-state index in [1.807, 2.05) is 0 Å². The first kappa shape index (κ1) is 9.05. The monoisotopic (exact) mass is 156 g/mol. The third kappa shape index (κ3) is 1.58. The summed E-state index contributed by atoms with van der Waals surface area (Å²) in [5, 5.41) is 0. The van der Waals surface area contributed by atoms with Crippen molar-refractivity contribution in [1.82, 2.24) is 0 Å². The zero-order valence-electron chi connectivity index (χ0n) is 8.29. The summed E-state index contributed by atoms with van der Waals surface area (Å²) in [6.45, 7) is 11.3. The second kappa shape index (κ2) is 3.14. The zero-order valence-corrected chi connectivity index (χ0v) is 8.29. The van der Waals surface area contributed by atoms with Crippen molar-refractivity contribution in [3.05, 3.63) is 0 Å². The maximum absolute atomic E-state index is 5.78. The van der Waals surface area contributed by atoms with Crippen LogP contribution in [0.3, 0.4) is 0 Å². The summed E-state index contributed by atoms with van der Waals surface area (Å²) in [4.78, 5) is 0. The smallest absolute Gasteiger partial charge is 0.0578 e. The lowest BCUT2D eigenvalue weighted by atomic mass is 9.77. The van der Waals surface area contributed by atoms with Crippen LogP contribution in [-0.4, -0.2) is 12.2 Å². The normalized spacial score (nSPS) is 52.6. The van der Waals surface area contributed by atoms with E-state index in [1.165, 1.54) is 0 Å². The van der Waals surface area contributed by atoms with E-state index in [0.717, 1.165) is 5.92 Å². The van der Waals surface area contributed by atoms with Gasteiger partial charge in [-0.25, -0.2) is 0 Å². The quantitative estimate of drug-likeness (QED) is 0.524. The van der Waals surface area contributed by atoms with Gasteiger partial charge >= 0.3 is 0 Å². The average molecular weight is 156 g/mol. The molecule has 0 aromatic heterocycles. The summed E-state index contributed by atoms with van der Waals surface area (Å²) in [6.07, 6.45) is 0.882. The number of ether oxygens (including phenoxy) is 1. The molecular weight excluding hydrogens is 136 g/mol. The van der Waals surface area contributed by atoms with Gasteiger partial charge in [0.2, 0.25) is 0 Å². The van der Waals surface area contributed by atoms with E-state index in [4.69, 9.17) is 4.74 Å². The molecule has 0 aromatic carbocycles. The van der Waals surface area contributed by atoms with Gasteiger partial charge in [-0.3, -0.25) is 0 Å². The molecule has 1 aliphatic rings. The van der Waals surface area contributed by atoms with E-state index in [1.54, 1.807) is 0 Å². The van der Waals surface area contributed by atoms with Crippen LogP contribution in [-0.2, 0) is 4.74 Å². The highest BCUT2D eigenvalue weighted by atomic mass is 16.5. The Kier molecular flexibility index (Phi) is 2.58. The lowest BCUT2D eigenvalue weighted by molar-refractivity contribution is -0.116. The summed E-state index contributed by atoms with van der Waals surface area (Å²) < 4.78 is 5.78. The fourth-order valence-electron chi connectivity index (χ4n) is 1.92. The molecule has 1 aliphatic heterocycles. The lowest BCUT2D eigenvalue weighted by Crippen LogP contribution is -2.41. The number of hydrogen-bond acceptors (Lipinski definition) is 1. The highest BCUT2D eigenvalue weighted by Gasteiger charge is 2.34. The minimum absolute atomic E-state index is 0.441. The van der Waals surface area contributed by atoms with Gasteiger partial charge in [0.15, 0.2) is 0 Å². The molecule has 1 heterocycles. The molecular formula is C10H20O. The molecule has 1 nitrogen and oxygen atoms in total. The minimum atomic E-state index is 0.441. The van der Waals surface area contributed by atoms with Crippen LogP contribution in [0, 0.1) is 17.8 Å². The predicted molar refractivity (Wildman–Crippen MR) is 47.5 cm³/mol. The Morgan fingerprint density at radius 2 is 1.00 bits per heavy atom. The molecule has 5 atom stereocenters. The molecule has 1 rings (SSSR count). The van der Waals surface area contributed by atoms with Crippen molar-refractivity contribution < 1.29 is 4.74 Å². The fourth-order valence-corrected chi connectivity index (χ4v) is 1.92. The Labute approximate surface area is 70.1 Å². The molecule has 0 amide bonds. The average Bonchev–Trinajstić information content (AvgIpc) is 1.97. The van der Waals surface area contributed by atoms with Gasteiger partial charge in [-0.1, -0.05) is 20.8 Å². The summed E-state index contributed by atoms with van der Waals surface area (Å²) in [5.74, 6) is 2.22. The van der Waals surface area contributed by atoms with Crippen LogP contribution in [0.2, 0.25) is 0 Å². The fraction of sp³-hybridized carbons (Fsp3) is 1.00. The number of hydrogen-bond donors (Lipinski definition) is 0. The Hall–Kier alpha value is -0.0400. The Morgan fingerprint density at radius 3 is 1.36 bits per heavy atom. The van der Waals surface area contributed by atoms with Gasteiger partial charge in [-0.2, -0.15) is 0 Å². The van der Waals surface area contributed by atoms with E-state index < -0.39 is 0 Å². The Balaban J connectivity index is 2.63. The Bertz CT molecular complexity index is 119. The van der Waals surface area contributed by atoms with E-state index in [9.17, 15) is 0 Å². The summed E-state index contributed by atoms with van der Waals surface area (Å²) >= 11 is 0. The Morgan fingerprint density at radius 1 is 0.636 bits per heavy atom. The van der Waals surface area contributed by atoms with Gasteiger partial charge < -0.3 is 4.74 Å². The molecule has 1 saturated heterocycles. The molecule has 1 heteroatoms. The SMILES string of the molecule is C[C@@H]1[C@@H](C)[C@@H](C)O[C@H](C)[C@H]1C. The van der Waals surface area contributed by atoms with Crippen LogP contribution in [0.15, 0.2) is 0 Å². The maximum atomic E-state index is 5.78. The van der Waals surface area contributed by atoms with Crippen molar-refractivity contribution in [2.45, 2.75) is 46.8 Å². The van der Waals surface area contributed by atoms with Gasteiger partial charge in [0.25, 0.3) is 0 Å². The van der Waals surface area contributed by atoms with E-state index in [-0.39, 0.29) is 0 Å². The molecule has 0 bridgehead atoms. The van der Waals surface area contributed by atoms with Crippen molar-refractivity contribution >= 4 is 0 Å². The van der Waals surface area contributed by atoms with Crippen LogP contribution in [0.5, 0.6) is 0 Å². The van der Waals surface area contributed by atoms with Gasteiger partial charge in [0, 0.05) is 0 Å². The van der Waals surface area contributed by atoms with E-state index in [2.05, 4.69) is 34.6 Å². The van der Waals surface area contributed by atoms with Crippen LogP contribution >= 0.6 is 0 Å². The summed E-state index contributed by atoms with van der Waals surface area (Å²) in [6, 6.07) is 0. The van der Waals surface area contributed by atoms with Crippen LogP contribution in [0.25, 0.3) is 0 Å². The van der Waals surface area contributed by atoms with Gasteiger partial charge in [0.05, 0.1) is 12.2 Å². The summed E-state index contributed by atoms with van der Waals surface area (Å²) in [7, 11) is 0. The first-order valence-corrected chi connectivity index (χ1v) is 4.69. The first-order chi connectivity index (χ1) is 5.04. The van der Waals surface area contributed by atoms with Gasteiger partial charge in [-0.15, -0.1) is 0 Å². The molecule has 0 saturated carbocycles. The largest absolute Gasteiger partial charge is 0.375 e. The highest BCUT2D eigenvalue weighted by molar-refractivity contribution is 4.81. The third-order valence-electron chi connectivity index (χ3n) is 3.57. The number of rotatable bonds is 0. The molecule has 0 aliphatic carbocycles. The molecule has 0 spiro atoms. The summed E-state index contributed by atoms with van der Waals surface area (Å²) in [5.41, 5.74) is 0. The van der Waals surface area contributed by atoms with Crippen molar-refractivity contribution in [2.24, 2.45) is 17.8 Å². The third-order valence-corrected chi connectivity index (χ3v) is 3.57. The van der Waals surface area contributed by atoms with Crippen molar-refractivity contribution in [3.8, 4) is 0 Å². The van der Waals surface area contributed by atoms with Crippen molar-refractivity contribution in [1.29, 1.82) is 0 Å². The van der Waals surface area contributed by atoms with Gasteiger partial charge in [-0.05, 0) is 31.6 Å². The highest BCUT2D eigenvalue weighted by Crippen LogP contribution is 2.34. The topological polar surface area (TPSA) is 9.23 Å². The molecule has 0 unspecified atom stereocenters. The van der Waals surface area contributed by atoms with Crippen LogP contribution in [0.1, 0.15) is 34.6 Å². The lowest BCUT2D eigenvalue weighted by Gasteiger charge is -2.41. The first-order valence-electron chi connectivity index (χ1n) is 4.69. The van der Waals surface area contributed by atoms with Crippen molar-refractivity contribution in [2.75, 3.05) is 0 Å². The van der Waals surface area contributed by atoms with Crippen LogP contribution < -0.4 is 0 Å². The molecule has 0 aromatic rings. The van der Waals surface area contributed by atoms with Gasteiger partial charge in [0.1, 0.15) is 0 Å². The molecule has 66 valence electrons. The molecule has 0 radical (unpaired) electrons. The second-order valence-electron chi connectivity index (χ2n) is 4.12. The maximum Gasteiger partial charge on any atom is 0.0578 e. The molecule has 11 heavy (non-hydrogen) atoms.